The third-order valence-corrected chi connectivity index (χ3v) is 5.65. The second-order valence-electron chi connectivity index (χ2n) is 8.04. The van der Waals surface area contributed by atoms with Gasteiger partial charge in [0.15, 0.2) is 0 Å². The highest BCUT2D eigenvalue weighted by molar-refractivity contribution is 5.93. The number of primary amides is 1. The third-order valence-electron chi connectivity index (χ3n) is 5.65. The molecule has 2 aliphatic rings. The lowest BCUT2D eigenvalue weighted by atomic mass is 9.84. The van der Waals surface area contributed by atoms with Crippen molar-refractivity contribution in [2.24, 2.45) is 17.6 Å². The van der Waals surface area contributed by atoms with Gasteiger partial charge in [0, 0.05) is 24.3 Å². The molecule has 0 saturated heterocycles. The summed E-state index contributed by atoms with van der Waals surface area (Å²) in [5.74, 6) is 1.64. The van der Waals surface area contributed by atoms with E-state index in [1.54, 1.807) is 19.1 Å². The Morgan fingerprint density at radius 2 is 1.94 bits per heavy atom. The van der Waals surface area contributed by atoms with E-state index in [0.29, 0.717) is 34.6 Å². The van der Waals surface area contributed by atoms with Gasteiger partial charge in [0.25, 0.3) is 0 Å². The Morgan fingerprint density at radius 1 is 1.29 bits per heavy atom. The number of pyridine rings is 1. The van der Waals surface area contributed by atoms with E-state index >= 15 is 0 Å². The number of nitrogens with zero attached hydrogens (tertiary/aromatic N) is 3. The summed E-state index contributed by atoms with van der Waals surface area (Å²) in [6.07, 6.45) is 4.55. The predicted molar refractivity (Wildman–Crippen MR) is 123 cm³/mol. The summed E-state index contributed by atoms with van der Waals surface area (Å²) < 4.78 is 0. The van der Waals surface area contributed by atoms with Gasteiger partial charge in [-0.25, -0.2) is 4.98 Å². The summed E-state index contributed by atoms with van der Waals surface area (Å²) in [5.41, 5.74) is 15.1. The van der Waals surface area contributed by atoms with Gasteiger partial charge in [0.1, 0.15) is 18.2 Å². The molecule has 1 unspecified atom stereocenters. The van der Waals surface area contributed by atoms with Crippen molar-refractivity contribution in [1.29, 1.82) is 5.26 Å². The van der Waals surface area contributed by atoms with E-state index in [2.05, 4.69) is 29.9 Å². The number of hydrogen-bond donors (Lipinski definition) is 2. The lowest BCUT2D eigenvalue weighted by molar-refractivity contribution is -0.106. The van der Waals surface area contributed by atoms with E-state index in [0.717, 1.165) is 18.6 Å². The SMILES string of the molecule is CC1Cc2cc(C(N)=O)ccc2N(C)[C@H]1C1CC1.CC=O.Cc1nc(N)ccc1C#N. The average molecular weight is 422 g/mol. The molecule has 0 spiro atoms. The van der Waals surface area contributed by atoms with Gasteiger partial charge < -0.3 is 21.2 Å². The average Bonchev–Trinajstić information content (AvgIpc) is 3.54. The van der Waals surface area contributed by atoms with E-state index < -0.39 is 0 Å². The van der Waals surface area contributed by atoms with Crippen LogP contribution in [0.5, 0.6) is 0 Å². The number of nitriles is 1. The summed E-state index contributed by atoms with van der Waals surface area (Å²) in [4.78, 5) is 26.4. The normalized spacial score (nSPS) is 18.9. The van der Waals surface area contributed by atoms with Crippen LogP contribution in [-0.2, 0) is 11.2 Å². The van der Waals surface area contributed by atoms with Gasteiger partial charge in [-0.05, 0) is 80.8 Å². The molecule has 7 nitrogen and oxygen atoms in total. The summed E-state index contributed by atoms with van der Waals surface area (Å²) in [6.45, 7) is 5.52. The molecule has 164 valence electrons. The molecule has 7 heteroatoms. The molecule has 1 fully saturated rings. The summed E-state index contributed by atoms with van der Waals surface area (Å²) in [5, 5.41) is 8.48. The highest BCUT2D eigenvalue weighted by Crippen LogP contribution is 2.44. The van der Waals surface area contributed by atoms with E-state index in [9.17, 15) is 4.79 Å². The van der Waals surface area contributed by atoms with Gasteiger partial charge in [-0.2, -0.15) is 5.26 Å². The van der Waals surface area contributed by atoms with Crippen molar-refractivity contribution in [3.8, 4) is 6.07 Å². The van der Waals surface area contributed by atoms with Crippen molar-refractivity contribution in [2.75, 3.05) is 17.7 Å². The van der Waals surface area contributed by atoms with Gasteiger partial charge in [0.05, 0.1) is 11.3 Å². The maximum Gasteiger partial charge on any atom is 0.248 e. The maximum absolute atomic E-state index is 11.2. The van der Waals surface area contributed by atoms with Crippen molar-refractivity contribution in [3.05, 3.63) is 52.7 Å². The third kappa shape index (κ3) is 6.05. The predicted octanol–water partition coefficient (Wildman–Crippen LogP) is 3.24. The minimum Gasteiger partial charge on any atom is -0.384 e. The lowest BCUT2D eigenvalue weighted by Crippen LogP contribution is -2.43. The molecule has 2 atom stereocenters. The lowest BCUT2D eigenvalue weighted by Gasteiger charge is -2.41. The Bertz CT molecular complexity index is 978. The Morgan fingerprint density at radius 3 is 2.45 bits per heavy atom. The summed E-state index contributed by atoms with van der Waals surface area (Å²) in [6, 6.07) is 11.8. The van der Waals surface area contributed by atoms with Crippen molar-refractivity contribution < 1.29 is 9.59 Å². The summed E-state index contributed by atoms with van der Waals surface area (Å²) in [7, 11) is 2.18. The highest BCUT2D eigenvalue weighted by Gasteiger charge is 2.40. The number of benzene rings is 1. The van der Waals surface area contributed by atoms with Crippen LogP contribution in [0.1, 0.15) is 53.9 Å². The monoisotopic (exact) mass is 421 g/mol. The molecule has 1 saturated carbocycles. The number of aromatic nitrogens is 1. The van der Waals surface area contributed by atoms with E-state index in [-0.39, 0.29) is 5.91 Å². The number of fused-ring (bicyclic) bond motifs is 1. The number of carbonyl (C=O) groups is 2. The van der Waals surface area contributed by atoms with Gasteiger partial charge >= 0.3 is 0 Å². The smallest absolute Gasteiger partial charge is 0.248 e. The first kappa shape index (κ1) is 23.9. The number of amides is 1. The Balaban J connectivity index is 0.000000223. The topological polar surface area (TPSA) is 126 Å². The molecular weight excluding hydrogens is 390 g/mol. The Kier molecular flexibility index (Phi) is 8.14. The first-order chi connectivity index (χ1) is 14.7. The van der Waals surface area contributed by atoms with Crippen LogP contribution in [0.15, 0.2) is 30.3 Å². The molecule has 1 amide bonds. The van der Waals surface area contributed by atoms with E-state index in [4.69, 9.17) is 21.5 Å². The van der Waals surface area contributed by atoms with Crippen LogP contribution in [0.2, 0.25) is 0 Å². The second kappa shape index (κ2) is 10.6. The number of nitrogen functional groups attached to an aromatic ring is 1. The van der Waals surface area contributed by atoms with Crippen molar-refractivity contribution in [2.45, 2.75) is 46.1 Å². The number of carbonyl (C=O) groups excluding carboxylic acids is 2. The van der Waals surface area contributed by atoms with Crippen molar-refractivity contribution in [3.63, 3.8) is 0 Å². The standard InChI is InChI=1S/C15H20N2O.C7H7N3.C2H4O/c1-9-7-12-8-11(15(16)18)5-6-13(12)17(2)14(9)10-3-4-10;1-5-6(4-8)2-3-7(9)10-5;1-2-3/h5-6,8-10,14H,3-4,7H2,1-2H3,(H2,16,18);2-3H,1H3,(H2,9,10);2H,1H3/t9?,14-;;/m1../s1. The first-order valence-electron chi connectivity index (χ1n) is 10.4. The van der Waals surface area contributed by atoms with Gasteiger partial charge in [-0.1, -0.05) is 6.92 Å². The Hall–Kier alpha value is -3.40. The minimum atomic E-state index is -0.336. The summed E-state index contributed by atoms with van der Waals surface area (Å²) >= 11 is 0. The zero-order valence-electron chi connectivity index (χ0n) is 18.6. The molecule has 1 aliphatic carbocycles. The van der Waals surface area contributed by atoms with Crippen LogP contribution in [0.25, 0.3) is 0 Å². The number of anilines is 2. The zero-order chi connectivity index (χ0) is 23.1. The highest BCUT2D eigenvalue weighted by atomic mass is 16.1. The van der Waals surface area contributed by atoms with Crippen molar-refractivity contribution in [1.82, 2.24) is 4.98 Å². The molecule has 2 aromatic rings. The molecular formula is C24H31N5O2. The maximum atomic E-state index is 11.2. The fourth-order valence-corrected chi connectivity index (χ4v) is 4.17. The van der Waals surface area contributed by atoms with E-state index in [1.165, 1.54) is 31.0 Å². The van der Waals surface area contributed by atoms with Crippen LogP contribution >= 0.6 is 0 Å². The van der Waals surface area contributed by atoms with Gasteiger partial charge in [-0.15, -0.1) is 0 Å². The van der Waals surface area contributed by atoms with Crippen LogP contribution < -0.4 is 16.4 Å². The number of rotatable bonds is 2. The zero-order valence-corrected chi connectivity index (χ0v) is 18.6. The number of hydrogen-bond acceptors (Lipinski definition) is 6. The van der Waals surface area contributed by atoms with E-state index in [1.807, 2.05) is 18.2 Å². The molecule has 0 radical (unpaired) electrons. The van der Waals surface area contributed by atoms with Crippen LogP contribution in [0.3, 0.4) is 0 Å². The molecule has 0 bridgehead atoms. The fourth-order valence-electron chi connectivity index (χ4n) is 4.17. The molecule has 4 N–H and O–H groups in total. The number of aryl methyl sites for hydroxylation is 1. The molecule has 31 heavy (non-hydrogen) atoms. The molecule has 2 heterocycles. The molecule has 1 aliphatic heterocycles. The minimum absolute atomic E-state index is 0.336. The van der Waals surface area contributed by atoms with Gasteiger partial charge in [-0.3, -0.25) is 4.79 Å². The molecule has 4 rings (SSSR count). The van der Waals surface area contributed by atoms with Gasteiger partial charge in [0.2, 0.25) is 5.91 Å². The largest absolute Gasteiger partial charge is 0.384 e. The number of nitrogens with two attached hydrogens (primary N) is 2. The molecule has 1 aromatic heterocycles. The van der Waals surface area contributed by atoms with Crippen LogP contribution in [-0.4, -0.2) is 30.3 Å². The quantitative estimate of drug-likeness (QED) is 0.717. The van der Waals surface area contributed by atoms with Crippen LogP contribution in [0.4, 0.5) is 11.5 Å². The first-order valence-corrected chi connectivity index (χ1v) is 10.4. The Labute approximate surface area is 184 Å². The van der Waals surface area contributed by atoms with Crippen molar-refractivity contribution >= 4 is 23.7 Å². The second-order valence-corrected chi connectivity index (χ2v) is 8.04. The molecule has 1 aromatic carbocycles. The van der Waals surface area contributed by atoms with Crippen LogP contribution in [0, 0.1) is 30.1 Å². The number of aldehydes is 1. The fraction of sp³-hybridized carbons (Fsp3) is 0.417.